The molecule has 0 spiro atoms. The molecule has 0 saturated heterocycles. The van der Waals surface area contributed by atoms with Crippen LogP contribution in [0.3, 0.4) is 0 Å². The molecule has 0 fully saturated rings. The maximum absolute atomic E-state index is 11.1. The van der Waals surface area contributed by atoms with E-state index in [1.165, 1.54) is 0 Å². The summed E-state index contributed by atoms with van der Waals surface area (Å²) < 4.78 is 31.7. The van der Waals surface area contributed by atoms with Gasteiger partial charge in [0.15, 0.2) is 5.69 Å². The summed E-state index contributed by atoms with van der Waals surface area (Å²) in [6.07, 6.45) is -5.08. The Hall–Kier alpha value is -3.11. The highest BCUT2D eigenvalue weighted by Gasteiger charge is 2.38. The molecule has 0 unspecified atom stereocenters. The average molecular weight is 448 g/mol. The lowest BCUT2D eigenvalue weighted by atomic mass is 10.0. The number of hydrogen-bond donors (Lipinski definition) is 3. The van der Waals surface area contributed by atoms with E-state index < -0.39 is 18.1 Å². The van der Waals surface area contributed by atoms with Crippen LogP contribution < -0.4 is 0 Å². The molecule has 152 valence electrons. The van der Waals surface area contributed by atoms with Crippen LogP contribution in [-0.4, -0.2) is 43.7 Å². The third-order valence-corrected chi connectivity index (χ3v) is 3.96. The van der Waals surface area contributed by atoms with E-state index in [1.807, 2.05) is 12.1 Å². The minimum absolute atomic E-state index is 0.143. The number of H-pyrrole nitrogens is 1. The Morgan fingerprint density at radius 1 is 0.931 bits per heavy atom. The number of carboxylic acid groups (broad SMARTS) is 2. The molecule has 1 aromatic heterocycles. The Labute approximate surface area is 170 Å². The predicted octanol–water partition coefficient (Wildman–Crippen LogP) is 4.78. The second-order valence-electron chi connectivity index (χ2n) is 5.33. The molecule has 0 aliphatic rings. The van der Waals surface area contributed by atoms with Crippen molar-refractivity contribution in [2.45, 2.75) is 6.18 Å². The lowest BCUT2D eigenvalue weighted by Crippen LogP contribution is -2.21. The third-order valence-electron chi connectivity index (χ3n) is 3.39. The molecule has 0 aliphatic carbocycles. The van der Waals surface area contributed by atoms with Gasteiger partial charge in [0, 0.05) is 21.2 Å². The van der Waals surface area contributed by atoms with E-state index in [2.05, 4.69) is 15.4 Å². The topological polar surface area (TPSA) is 116 Å². The number of rotatable bonds is 3. The van der Waals surface area contributed by atoms with Gasteiger partial charge in [-0.2, -0.15) is 23.5 Å². The molecule has 0 atom stereocenters. The molecule has 0 aliphatic heterocycles. The largest absolute Gasteiger partial charge is 0.490 e. The van der Waals surface area contributed by atoms with Gasteiger partial charge in [0.25, 0.3) is 0 Å². The van der Waals surface area contributed by atoms with Crippen molar-refractivity contribution in [2.75, 3.05) is 0 Å². The maximum Gasteiger partial charge on any atom is 0.490 e. The van der Waals surface area contributed by atoms with Gasteiger partial charge in [0.05, 0.1) is 0 Å². The second-order valence-corrected chi connectivity index (χ2v) is 6.17. The second kappa shape index (κ2) is 8.93. The first-order valence-electron chi connectivity index (χ1n) is 7.50. The molecule has 0 saturated carbocycles. The Morgan fingerprint density at radius 2 is 1.48 bits per heavy atom. The number of aromatic amines is 1. The summed E-state index contributed by atoms with van der Waals surface area (Å²) in [5.74, 6) is -3.91. The van der Waals surface area contributed by atoms with Gasteiger partial charge in [-0.1, -0.05) is 47.5 Å². The number of carboxylic acids is 2. The number of nitrogens with zero attached hydrogens (tertiary/aromatic N) is 2. The molecule has 3 aromatic rings. The van der Waals surface area contributed by atoms with E-state index in [0.717, 1.165) is 11.1 Å². The monoisotopic (exact) mass is 447 g/mol. The zero-order valence-corrected chi connectivity index (χ0v) is 15.5. The van der Waals surface area contributed by atoms with E-state index in [1.54, 1.807) is 30.3 Å². The first kappa shape index (κ1) is 22.2. The minimum Gasteiger partial charge on any atom is -0.476 e. The van der Waals surface area contributed by atoms with Crippen molar-refractivity contribution in [1.82, 2.24) is 15.4 Å². The van der Waals surface area contributed by atoms with Crippen molar-refractivity contribution in [3.63, 3.8) is 0 Å². The van der Waals surface area contributed by atoms with Crippen LogP contribution in [0.2, 0.25) is 10.0 Å². The zero-order valence-electron chi connectivity index (χ0n) is 14.0. The standard InChI is InChI=1S/C15H9Cl2N3O2.C2HF3O2/c16-10-4-1-8(2-5-10)11-6-3-9(7-12(11)17)13-14(15(21)22)19-20-18-13;3-2(4,5)1(6)7/h1-7H,(H,21,22)(H,18,19,20);(H,6,7). The SMILES string of the molecule is O=C(O)C(F)(F)F.O=C(O)c1n[nH]nc1-c1ccc(-c2ccc(Cl)cc2)c(Cl)c1. The fourth-order valence-corrected chi connectivity index (χ4v) is 2.52. The summed E-state index contributed by atoms with van der Waals surface area (Å²) in [6, 6.07) is 12.5. The number of hydrogen-bond acceptors (Lipinski definition) is 4. The van der Waals surface area contributed by atoms with Crippen LogP contribution in [0.15, 0.2) is 42.5 Å². The van der Waals surface area contributed by atoms with Crippen LogP contribution in [0.5, 0.6) is 0 Å². The maximum atomic E-state index is 11.1. The summed E-state index contributed by atoms with van der Waals surface area (Å²) >= 11 is 12.2. The number of nitrogens with one attached hydrogen (secondary N) is 1. The Kier molecular flexibility index (Phi) is 6.83. The van der Waals surface area contributed by atoms with Crippen molar-refractivity contribution in [2.24, 2.45) is 0 Å². The van der Waals surface area contributed by atoms with Crippen LogP contribution in [-0.2, 0) is 4.79 Å². The average Bonchev–Trinajstić information content (AvgIpc) is 3.12. The van der Waals surface area contributed by atoms with Crippen LogP contribution in [0, 0.1) is 0 Å². The van der Waals surface area contributed by atoms with Crippen molar-refractivity contribution in [3.05, 3.63) is 58.2 Å². The van der Waals surface area contributed by atoms with Crippen LogP contribution in [0.4, 0.5) is 13.2 Å². The van der Waals surface area contributed by atoms with Gasteiger partial charge < -0.3 is 10.2 Å². The van der Waals surface area contributed by atoms with Crippen molar-refractivity contribution in [1.29, 1.82) is 0 Å². The number of alkyl halides is 3. The molecule has 7 nitrogen and oxygen atoms in total. The van der Waals surface area contributed by atoms with Crippen molar-refractivity contribution in [3.8, 4) is 22.4 Å². The van der Waals surface area contributed by atoms with Gasteiger partial charge in [-0.15, -0.1) is 5.10 Å². The van der Waals surface area contributed by atoms with Gasteiger partial charge in [0.1, 0.15) is 5.69 Å². The number of carbonyl (C=O) groups is 2. The van der Waals surface area contributed by atoms with Gasteiger partial charge in [-0.25, -0.2) is 9.59 Å². The quantitative estimate of drug-likeness (QED) is 0.531. The van der Waals surface area contributed by atoms with Crippen LogP contribution in [0.1, 0.15) is 10.5 Å². The minimum atomic E-state index is -5.08. The molecular formula is C17H10Cl2F3N3O4. The third kappa shape index (κ3) is 5.69. The first-order chi connectivity index (χ1) is 13.5. The van der Waals surface area contributed by atoms with Gasteiger partial charge >= 0.3 is 18.1 Å². The van der Waals surface area contributed by atoms with Gasteiger partial charge in [-0.3, -0.25) is 0 Å². The smallest absolute Gasteiger partial charge is 0.476 e. The van der Waals surface area contributed by atoms with Gasteiger partial charge in [-0.05, 0) is 23.8 Å². The number of halogens is 5. The summed E-state index contributed by atoms with van der Waals surface area (Å²) in [4.78, 5) is 20.0. The van der Waals surface area contributed by atoms with Crippen molar-refractivity contribution >= 4 is 35.1 Å². The normalized spacial score (nSPS) is 10.8. The summed E-state index contributed by atoms with van der Waals surface area (Å²) in [5, 5.41) is 27.1. The number of aromatic carboxylic acids is 1. The molecule has 2 aromatic carbocycles. The van der Waals surface area contributed by atoms with Crippen molar-refractivity contribution < 1.29 is 33.0 Å². The summed E-state index contributed by atoms with van der Waals surface area (Å²) in [7, 11) is 0. The van der Waals surface area contributed by atoms with E-state index in [4.69, 9.17) is 38.2 Å². The first-order valence-corrected chi connectivity index (χ1v) is 8.26. The van der Waals surface area contributed by atoms with E-state index in [-0.39, 0.29) is 11.4 Å². The highest BCUT2D eigenvalue weighted by atomic mass is 35.5. The molecule has 0 bridgehead atoms. The highest BCUT2D eigenvalue weighted by molar-refractivity contribution is 6.33. The Bertz CT molecular complexity index is 1040. The van der Waals surface area contributed by atoms with Gasteiger partial charge in [0.2, 0.25) is 0 Å². The molecule has 3 rings (SSSR count). The molecule has 1 heterocycles. The highest BCUT2D eigenvalue weighted by Crippen LogP contribution is 2.32. The van der Waals surface area contributed by atoms with Crippen LogP contribution in [0.25, 0.3) is 22.4 Å². The molecular weight excluding hydrogens is 438 g/mol. The molecule has 12 heteroatoms. The fraction of sp³-hybridized carbons (Fsp3) is 0.0588. The lowest BCUT2D eigenvalue weighted by Gasteiger charge is -2.07. The molecule has 0 radical (unpaired) electrons. The molecule has 3 N–H and O–H groups in total. The summed E-state index contributed by atoms with van der Waals surface area (Å²) in [5.41, 5.74) is 2.42. The van der Waals surface area contributed by atoms with E-state index >= 15 is 0 Å². The Balaban J connectivity index is 0.000000370. The molecule has 29 heavy (non-hydrogen) atoms. The zero-order chi connectivity index (χ0) is 21.8. The number of aliphatic carboxylic acids is 1. The van der Waals surface area contributed by atoms with E-state index in [0.29, 0.717) is 15.6 Å². The van der Waals surface area contributed by atoms with E-state index in [9.17, 15) is 18.0 Å². The lowest BCUT2D eigenvalue weighted by molar-refractivity contribution is -0.192. The number of benzene rings is 2. The van der Waals surface area contributed by atoms with Crippen LogP contribution >= 0.6 is 23.2 Å². The molecule has 0 amide bonds. The number of aromatic nitrogens is 3. The predicted molar refractivity (Wildman–Crippen MR) is 97.9 cm³/mol. The fourth-order valence-electron chi connectivity index (χ4n) is 2.11. The Morgan fingerprint density at radius 3 is 1.97 bits per heavy atom. The summed E-state index contributed by atoms with van der Waals surface area (Å²) in [6.45, 7) is 0.